The first-order chi connectivity index (χ1) is 16.3. The average Bonchev–Trinajstić information content (AvgIpc) is 3.50. The van der Waals surface area contributed by atoms with E-state index in [0.29, 0.717) is 18.9 Å². The van der Waals surface area contributed by atoms with Gasteiger partial charge in [-0.1, -0.05) is 95.3 Å². The standard InChI is InChI=1S/C28H50NO3S/c1-2-3-4-5-6-7-8-9-10-11-12-14-17-26-22-27(31-23-26)24-32-28(30)18-15-13-16-19-29-20-21-33-25-29/h20-21,25-27H,2-19,22-24H2,1H3/q+1/t26-,27+/m1/s1. The zero-order valence-corrected chi connectivity index (χ0v) is 22.1. The summed E-state index contributed by atoms with van der Waals surface area (Å²) in [6, 6.07) is 0. The minimum absolute atomic E-state index is 0.0637. The Labute approximate surface area is 207 Å². The van der Waals surface area contributed by atoms with Crippen molar-refractivity contribution < 1.29 is 18.8 Å². The maximum Gasteiger partial charge on any atom is 0.305 e. The van der Waals surface area contributed by atoms with Gasteiger partial charge in [-0.3, -0.25) is 4.79 Å². The molecule has 4 nitrogen and oxygen atoms in total. The van der Waals surface area contributed by atoms with E-state index in [1.807, 2.05) is 0 Å². The van der Waals surface area contributed by atoms with Gasteiger partial charge in [0.25, 0.3) is 0 Å². The monoisotopic (exact) mass is 480 g/mol. The molecular weight excluding hydrogens is 430 g/mol. The number of thiazole rings is 1. The van der Waals surface area contributed by atoms with Gasteiger partial charge in [0.15, 0.2) is 6.20 Å². The van der Waals surface area contributed by atoms with Gasteiger partial charge in [0.05, 0.1) is 18.1 Å². The van der Waals surface area contributed by atoms with Crippen LogP contribution in [-0.4, -0.2) is 25.3 Å². The fourth-order valence-electron chi connectivity index (χ4n) is 4.76. The number of rotatable bonds is 21. The number of unbranched alkanes of at least 4 members (excludes halogenated alkanes) is 13. The highest BCUT2D eigenvalue weighted by molar-refractivity contribution is 7.07. The van der Waals surface area contributed by atoms with E-state index in [4.69, 9.17) is 9.47 Å². The maximum atomic E-state index is 12.0. The van der Waals surface area contributed by atoms with Crippen LogP contribution in [0, 0.1) is 5.92 Å². The van der Waals surface area contributed by atoms with Gasteiger partial charge >= 0.3 is 5.97 Å². The van der Waals surface area contributed by atoms with Crippen LogP contribution in [0.2, 0.25) is 0 Å². The molecular formula is C28H50NO3S+. The summed E-state index contributed by atoms with van der Waals surface area (Å²) >= 11 is 1.72. The largest absolute Gasteiger partial charge is 0.463 e. The molecule has 0 amide bonds. The molecule has 0 aromatic carbocycles. The van der Waals surface area contributed by atoms with Crippen molar-refractivity contribution >= 4 is 17.3 Å². The number of nitrogens with zero attached hydrogens (tertiary/aromatic N) is 1. The summed E-state index contributed by atoms with van der Waals surface area (Å²) in [6.45, 7) is 4.61. The summed E-state index contributed by atoms with van der Waals surface area (Å²) < 4.78 is 13.6. The van der Waals surface area contributed by atoms with Crippen LogP contribution in [0.15, 0.2) is 17.1 Å². The molecule has 0 spiro atoms. The van der Waals surface area contributed by atoms with Crippen molar-refractivity contribution in [3.05, 3.63) is 17.1 Å². The lowest BCUT2D eigenvalue weighted by Crippen LogP contribution is -2.29. The number of hydrogen-bond acceptors (Lipinski definition) is 4. The van der Waals surface area contributed by atoms with Crippen molar-refractivity contribution in [1.29, 1.82) is 0 Å². The third-order valence-electron chi connectivity index (χ3n) is 6.88. The molecule has 2 rings (SSSR count). The molecule has 1 fully saturated rings. The molecule has 0 aliphatic carbocycles. The number of ether oxygens (including phenoxy) is 2. The fourth-order valence-corrected chi connectivity index (χ4v) is 5.39. The minimum Gasteiger partial charge on any atom is -0.463 e. The molecule has 0 bridgehead atoms. The summed E-state index contributed by atoms with van der Waals surface area (Å²) in [5.41, 5.74) is 2.13. The van der Waals surface area contributed by atoms with E-state index < -0.39 is 0 Å². The first-order valence-corrected chi connectivity index (χ1v) is 14.9. The number of esters is 1. The van der Waals surface area contributed by atoms with E-state index in [2.05, 4.69) is 28.6 Å². The molecule has 2 heterocycles. The van der Waals surface area contributed by atoms with E-state index >= 15 is 0 Å². The Balaban J connectivity index is 1.33. The van der Waals surface area contributed by atoms with Gasteiger partial charge in [-0.2, -0.15) is 4.57 Å². The van der Waals surface area contributed by atoms with Crippen molar-refractivity contribution in [3.63, 3.8) is 0 Å². The molecule has 1 aromatic rings. The molecule has 1 aliphatic rings. The Kier molecular flexibility index (Phi) is 16.6. The van der Waals surface area contributed by atoms with Crippen molar-refractivity contribution in [2.24, 2.45) is 5.92 Å². The number of aryl methyl sites for hydroxylation is 1. The summed E-state index contributed by atoms with van der Waals surface area (Å²) in [4.78, 5) is 12.0. The smallest absolute Gasteiger partial charge is 0.305 e. The second kappa shape index (κ2) is 19.4. The zero-order chi connectivity index (χ0) is 23.4. The summed E-state index contributed by atoms with van der Waals surface area (Å²) in [6.07, 6.45) is 25.0. The van der Waals surface area contributed by atoms with Crippen molar-refractivity contribution in [2.45, 2.75) is 135 Å². The molecule has 0 N–H and O–H groups in total. The molecule has 0 unspecified atom stereocenters. The van der Waals surface area contributed by atoms with Gasteiger partial charge in [-0.05, 0) is 31.6 Å². The Morgan fingerprint density at radius 2 is 1.61 bits per heavy atom. The molecule has 1 aliphatic heterocycles. The second-order valence-electron chi connectivity index (χ2n) is 9.99. The first-order valence-electron chi connectivity index (χ1n) is 14.0. The van der Waals surface area contributed by atoms with Crippen molar-refractivity contribution in [1.82, 2.24) is 0 Å². The zero-order valence-electron chi connectivity index (χ0n) is 21.3. The number of carbonyl (C=O) groups excluding carboxylic acids is 1. The van der Waals surface area contributed by atoms with E-state index in [1.165, 1.54) is 83.5 Å². The molecule has 0 radical (unpaired) electrons. The summed E-state index contributed by atoms with van der Waals surface area (Å²) in [7, 11) is 0. The van der Waals surface area contributed by atoms with Crippen LogP contribution < -0.4 is 4.57 Å². The molecule has 1 aromatic heterocycles. The Morgan fingerprint density at radius 3 is 2.27 bits per heavy atom. The lowest BCUT2D eigenvalue weighted by Gasteiger charge is -2.10. The van der Waals surface area contributed by atoms with E-state index in [-0.39, 0.29) is 12.1 Å². The Morgan fingerprint density at radius 1 is 0.939 bits per heavy atom. The predicted octanol–water partition coefficient (Wildman–Crippen LogP) is 7.64. The molecule has 190 valence electrons. The number of carbonyl (C=O) groups is 1. The molecule has 33 heavy (non-hydrogen) atoms. The molecule has 2 atom stereocenters. The van der Waals surface area contributed by atoms with Gasteiger partial charge in [0, 0.05) is 12.8 Å². The molecule has 1 saturated heterocycles. The normalized spacial score (nSPS) is 18.1. The van der Waals surface area contributed by atoms with Crippen LogP contribution in [0.1, 0.15) is 122 Å². The summed E-state index contributed by atoms with van der Waals surface area (Å²) in [5, 5.41) is 2.09. The predicted molar refractivity (Wildman–Crippen MR) is 137 cm³/mol. The maximum absolute atomic E-state index is 12.0. The van der Waals surface area contributed by atoms with Crippen molar-refractivity contribution in [3.8, 4) is 0 Å². The number of aromatic nitrogens is 1. The van der Waals surface area contributed by atoms with Crippen LogP contribution >= 0.6 is 11.3 Å². The van der Waals surface area contributed by atoms with E-state index in [9.17, 15) is 4.79 Å². The lowest BCUT2D eigenvalue weighted by atomic mass is 9.97. The third-order valence-corrected chi connectivity index (χ3v) is 7.56. The molecule has 0 saturated carbocycles. The quantitative estimate of drug-likeness (QED) is 0.103. The topological polar surface area (TPSA) is 39.4 Å². The van der Waals surface area contributed by atoms with E-state index in [0.717, 1.165) is 38.8 Å². The highest BCUT2D eigenvalue weighted by Gasteiger charge is 2.26. The van der Waals surface area contributed by atoms with Crippen LogP contribution in [0.4, 0.5) is 0 Å². The highest BCUT2D eigenvalue weighted by atomic mass is 32.1. The number of hydrogen-bond donors (Lipinski definition) is 0. The van der Waals surface area contributed by atoms with Crippen LogP contribution in [0.5, 0.6) is 0 Å². The van der Waals surface area contributed by atoms with Gasteiger partial charge < -0.3 is 9.47 Å². The SMILES string of the molecule is CCCCCCCCCCCCCC[C@H]1CO[C@H](COC(=O)CCCCC[n+]2ccsc2)C1. The van der Waals surface area contributed by atoms with Crippen LogP contribution in [-0.2, 0) is 20.8 Å². The van der Waals surface area contributed by atoms with E-state index in [1.54, 1.807) is 11.3 Å². The Bertz CT molecular complexity index is 578. The van der Waals surface area contributed by atoms with Crippen molar-refractivity contribution in [2.75, 3.05) is 13.2 Å². The van der Waals surface area contributed by atoms with Crippen LogP contribution in [0.25, 0.3) is 0 Å². The van der Waals surface area contributed by atoms with Gasteiger partial charge in [0.1, 0.15) is 13.2 Å². The lowest BCUT2D eigenvalue weighted by molar-refractivity contribution is -0.692. The third kappa shape index (κ3) is 14.8. The second-order valence-corrected chi connectivity index (χ2v) is 10.7. The van der Waals surface area contributed by atoms with Crippen LogP contribution in [0.3, 0.4) is 0 Å². The average molecular weight is 481 g/mol. The molecule has 5 heteroatoms. The highest BCUT2D eigenvalue weighted by Crippen LogP contribution is 2.25. The van der Waals surface area contributed by atoms with Gasteiger partial charge in [-0.25, -0.2) is 0 Å². The van der Waals surface area contributed by atoms with Gasteiger partial charge in [-0.15, -0.1) is 0 Å². The van der Waals surface area contributed by atoms with Gasteiger partial charge in [0.2, 0.25) is 5.51 Å². The minimum atomic E-state index is -0.0637. The Hall–Kier alpha value is -0.940. The fraction of sp³-hybridized carbons (Fsp3) is 0.857. The summed E-state index contributed by atoms with van der Waals surface area (Å²) in [5.74, 6) is 0.595. The first kappa shape index (κ1) is 28.3.